The van der Waals surface area contributed by atoms with E-state index >= 15 is 0 Å². The monoisotopic (exact) mass is 292 g/mol. The van der Waals surface area contributed by atoms with Crippen LogP contribution in [-0.4, -0.2) is 59.0 Å². The molecule has 0 saturated carbocycles. The number of amides is 1. The Morgan fingerprint density at radius 2 is 2.19 bits per heavy atom. The van der Waals surface area contributed by atoms with Gasteiger partial charge in [-0.05, 0) is 19.9 Å². The Kier molecular flexibility index (Phi) is 5.14. The van der Waals surface area contributed by atoms with Crippen molar-refractivity contribution in [3.63, 3.8) is 0 Å². The zero-order valence-corrected chi connectivity index (χ0v) is 13.0. The lowest BCUT2D eigenvalue weighted by Crippen LogP contribution is -2.55. The maximum absolute atomic E-state index is 11.9. The molecule has 0 bridgehead atoms. The van der Waals surface area contributed by atoms with E-state index in [1.807, 2.05) is 13.2 Å². The van der Waals surface area contributed by atoms with Crippen molar-refractivity contribution in [2.45, 2.75) is 19.4 Å². The smallest absolute Gasteiger partial charge is 0.244 e. The van der Waals surface area contributed by atoms with E-state index in [1.165, 1.54) is 0 Å². The van der Waals surface area contributed by atoms with Crippen LogP contribution in [0.1, 0.15) is 19.4 Å². The summed E-state index contributed by atoms with van der Waals surface area (Å²) in [7, 11) is 1.85. The lowest BCUT2D eigenvalue weighted by molar-refractivity contribution is -0.117. The van der Waals surface area contributed by atoms with Gasteiger partial charge in [-0.15, -0.1) is 0 Å². The molecule has 1 saturated heterocycles. The van der Waals surface area contributed by atoms with E-state index in [1.54, 1.807) is 23.0 Å². The zero-order chi connectivity index (χ0) is 15.3. The van der Waals surface area contributed by atoms with Gasteiger partial charge in [-0.1, -0.05) is 0 Å². The van der Waals surface area contributed by atoms with Crippen molar-refractivity contribution in [3.05, 3.63) is 24.0 Å². The first kappa shape index (κ1) is 15.7. The number of hydrogen-bond donors (Lipinski definition) is 1. The molecule has 0 aromatic carbocycles. The topological polar surface area (TPSA) is 59.4 Å². The highest BCUT2D eigenvalue weighted by atomic mass is 16.5. The highest BCUT2D eigenvalue weighted by Gasteiger charge is 2.28. The molecular formula is C15H24N4O2. The minimum atomic E-state index is -0.0832. The number of rotatable bonds is 5. The van der Waals surface area contributed by atoms with E-state index in [9.17, 15) is 4.79 Å². The molecule has 21 heavy (non-hydrogen) atoms. The number of nitrogens with zero attached hydrogens (tertiary/aromatic N) is 3. The number of carbonyl (C=O) groups is 1. The van der Waals surface area contributed by atoms with E-state index < -0.39 is 0 Å². The van der Waals surface area contributed by atoms with Crippen molar-refractivity contribution in [2.75, 3.05) is 32.8 Å². The molecule has 0 aliphatic carbocycles. The maximum atomic E-state index is 11.9. The number of morpholine rings is 1. The van der Waals surface area contributed by atoms with Crippen LogP contribution in [0.3, 0.4) is 0 Å². The Labute approximate surface area is 125 Å². The van der Waals surface area contributed by atoms with Gasteiger partial charge in [0, 0.05) is 50.1 Å². The molecule has 1 aliphatic rings. The molecule has 0 atom stereocenters. The average Bonchev–Trinajstić information content (AvgIpc) is 2.90. The second kappa shape index (κ2) is 6.87. The highest BCUT2D eigenvalue weighted by Crippen LogP contribution is 2.15. The number of ether oxygens (including phenoxy) is 1. The molecule has 1 aromatic rings. The molecule has 6 nitrogen and oxygen atoms in total. The van der Waals surface area contributed by atoms with Crippen LogP contribution in [0.2, 0.25) is 0 Å². The molecule has 2 heterocycles. The minimum absolute atomic E-state index is 0.0679. The fourth-order valence-corrected chi connectivity index (χ4v) is 2.34. The molecule has 1 aromatic heterocycles. The van der Waals surface area contributed by atoms with Crippen molar-refractivity contribution in [1.29, 1.82) is 0 Å². The van der Waals surface area contributed by atoms with Gasteiger partial charge in [0.2, 0.25) is 5.91 Å². The molecule has 116 valence electrons. The summed E-state index contributed by atoms with van der Waals surface area (Å²) in [5.41, 5.74) is 0.849. The second-order valence-electron chi connectivity index (χ2n) is 5.91. The third kappa shape index (κ3) is 4.68. The summed E-state index contributed by atoms with van der Waals surface area (Å²) < 4.78 is 7.07. The summed E-state index contributed by atoms with van der Waals surface area (Å²) in [5.74, 6) is -0.0832. The van der Waals surface area contributed by atoms with Crippen LogP contribution in [0.15, 0.2) is 18.5 Å². The first-order valence-corrected chi connectivity index (χ1v) is 7.25. The SMILES string of the molecule is Cn1cc(C=CC(=O)NCC(C)(C)N2CCOCC2)cn1. The lowest BCUT2D eigenvalue weighted by atomic mass is 10.0. The Balaban J connectivity index is 1.81. The fourth-order valence-electron chi connectivity index (χ4n) is 2.34. The van der Waals surface area contributed by atoms with Crippen molar-refractivity contribution < 1.29 is 9.53 Å². The summed E-state index contributed by atoms with van der Waals surface area (Å²) in [6, 6.07) is 0. The lowest BCUT2D eigenvalue weighted by Gasteiger charge is -2.40. The summed E-state index contributed by atoms with van der Waals surface area (Å²) in [5, 5.41) is 7.02. The van der Waals surface area contributed by atoms with Crippen LogP contribution in [0, 0.1) is 0 Å². The van der Waals surface area contributed by atoms with Crippen molar-refractivity contribution in [1.82, 2.24) is 20.0 Å². The number of hydrogen-bond acceptors (Lipinski definition) is 4. The van der Waals surface area contributed by atoms with Gasteiger partial charge in [0.15, 0.2) is 0 Å². The van der Waals surface area contributed by atoms with E-state index in [2.05, 4.69) is 29.2 Å². The molecule has 1 amide bonds. The van der Waals surface area contributed by atoms with Gasteiger partial charge >= 0.3 is 0 Å². The first-order valence-electron chi connectivity index (χ1n) is 7.25. The van der Waals surface area contributed by atoms with E-state index in [0.717, 1.165) is 31.9 Å². The molecular weight excluding hydrogens is 268 g/mol. The fraction of sp³-hybridized carbons (Fsp3) is 0.600. The molecule has 1 N–H and O–H groups in total. The van der Waals surface area contributed by atoms with Crippen LogP contribution >= 0.6 is 0 Å². The van der Waals surface area contributed by atoms with Crippen LogP contribution < -0.4 is 5.32 Å². The van der Waals surface area contributed by atoms with Crippen LogP contribution in [0.25, 0.3) is 6.08 Å². The molecule has 1 aliphatic heterocycles. The number of carbonyl (C=O) groups excluding carboxylic acids is 1. The molecule has 6 heteroatoms. The van der Waals surface area contributed by atoms with Gasteiger partial charge < -0.3 is 10.1 Å². The van der Waals surface area contributed by atoms with Crippen LogP contribution in [-0.2, 0) is 16.6 Å². The summed E-state index contributed by atoms with van der Waals surface area (Å²) in [6.07, 6.45) is 6.90. The average molecular weight is 292 g/mol. The van der Waals surface area contributed by atoms with Gasteiger partial charge in [0.25, 0.3) is 0 Å². The summed E-state index contributed by atoms with van der Waals surface area (Å²) in [6.45, 7) is 8.25. The normalized spacial score (nSPS) is 17.3. The van der Waals surface area contributed by atoms with Gasteiger partial charge in [-0.25, -0.2) is 0 Å². The molecule has 0 unspecified atom stereocenters. The summed E-state index contributed by atoms with van der Waals surface area (Å²) in [4.78, 5) is 14.2. The molecule has 2 rings (SSSR count). The molecule has 0 spiro atoms. The maximum Gasteiger partial charge on any atom is 0.244 e. The Hall–Kier alpha value is -1.66. The molecule has 1 fully saturated rings. The predicted octanol–water partition coefficient (Wildman–Crippen LogP) is 0.660. The van der Waals surface area contributed by atoms with Gasteiger partial charge in [-0.3, -0.25) is 14.4 Å². The third-order valence-corrected chi connectivity index (χ3v) is 3.71. The summed E-state index contributed by atoms with van der Waals surface area (Å²) >= 11 is 0. The first-order chi connectivity index (χ1) is 9.97. The van der Waals surface area contributed by atoms with Crippen molar-refractivity contribution in [3.8, 4) is 0 Å². The Morgan fingerprint density at radius 3 is 2.81 bits per heavy atom. The van der Waals surface area contributed by atoms with Crippen LogP contribution in [0.4, 0.5) is 0 Å². The largest absolute Gasteiger partial charge is 0.379 e. The Morgan fingerprint density at radius 1 is 1.48 bits per heavy atom. The van der Waals surface area contributed by atoms with Crippen LogP contribution in [0.5, 0.6) is 0 Å². The van der Waals surface area contributed by atoms with Crippen molar-refractivity contribution >= 4 is 12.0 Å². The standard InChI is InChI=1S/C15H24N4O2/c1-15(2,19-6-8-21-9-7-19)12-16-14(20)5-4-13-10-17-18(3)11-13/h4-5,10-11H,6-9,12H2,1-3H3,(H,16,20). The number of aryl methyl sites for hydroxylation is 1. The van der Waals surface area contributed by atoms with Gasteiger partial charge in [0.05, 0.1) is 19.4 Å². The third-order valence-electron chi connectivity index (χ3n) is 3.71. The quantitative estimate of drug-likeness (QED) is 0.810. The zero-order valence-electron chi connectivity index (χ0n) is 13.0. The van der Waals surface area contributed by atoms with Crippen molar-refractivity contribution in [2.24, 2.45) is 7.05 Å². The van der Waals surface area contributed by atoms with Gasteiger partial charge in [0.1, 0.15) is 0 Å². The molecule has 0 radical (unpaired) electrons. The predicted molar refractivity (Wildman–Crippen MR) is 81.7 cm³/mol. The Bertz CT molecular complexity index is 502. The highest BCUT2D eigenvalue weighted by molar-refractivity contribution is 5.91. The second-order valence-corrected chi connectivity index (χ2v) is 5.91. The van der Waals surface area contributed by atoms with E-state index in [4.69, 9.17) is 4.74 Å². The van der Waals surface area contributed by atoms with E-state index in [0.29, 0.717) is 6.54 Å². The number of nitrogens with one attached hydrogen (secondary N) is 1. The van der Waals surface area contributed by atoms with Gasteiger partial charge in [-0.2, -0.15) is 5.10 Å². The van der Waals surface area contributed by atoms with E-state index in [-0.39, 0.29) is 11.4 Å². The number of aromatic nitrogens is 2. The minimum Gasteiger partial charge on any atom is -0.379 e.